The summed E-state index contributed by atoms with van der Waals surface area (Å²) in [4.78, 5) is 4.84. The zero-order valence-corrected chi connectivity index (χ0v) is 19.6. The van der Waals surface area contributed by atoms with Gasteiger partial charge in [-0.05, 0) is 42.7 Å². The molecule has 2 aromatic rings. The van der Waals surface area contributed by atoms with Gasteiger partial charge in [0, 0.05) is 56.9 Å². The van der Waals surface area contributed by atoms with E-state index in [-0.39, 0.29) is 6.04 Å². The average Bonchev–Trinajstić information content (AvgIpc) is 3.11. The van der Waals surface area contributed by atoms with E-state index in [1.54, 1.807) is 23.4 Å². The first-order valence-corrected chi connectivity index (χ1v) is 12.5. The van der Waals surface area contributed by atoms with Crippen LogP contribution in [0.4, 0.5) is 0 Å². The van der Waals surface area contributed by atoms with Crippen molar-refractivity contribution in [2.75, 3.05) is 39.3 Å². The maximum absolute atomic E-state index is 13.2. The molecule has 0 aromatic heterocycles. The van der Waals surface area contributed by atoms with Crippen molar-refractivity contribution in [3.05, 3.63) is 64.2 Å². The molecule has 0 saturated carbocycles. The second-order valence-electron chi connectivity index (χ2n) is 8.62. The summed E-state index contributed by atoms with van der Waals surface area (Å²) in [6.45, 7) is 7.93. The molecule has 0 spiro atoms. The summed E-state index contributed by atoms with van der Waals surface area (Å²) in [5, 5.41) is 11.2. The molecule has 1 N–H and O–H groups in total. The highest BCUT2D eigenvalue weighted by molar-refractivity contribution is 7.89. The predicted octanol–water partition coefficient (Wildman–Crippen LogP) is 2.51. The highest BCUT2D eigenvalue weighted by Gasteiger charge is 2.38. The van der Waals surface area contributed by atoms with Crippen LogP contribution in [0.3, 0.4) is 0 Å². The highest BCUT2D eigenvalue weighted by Crippen LogP contribution is 2.28. The summed E-state index contributed by atoms with van der Waals surface area (Å²) in [5.74, 6) is 0. The minimum absolute atomic E-state index is 0.0353. The van der Waals surface area contributed by atoms with Crippen molar-refractivity contribution in [3.8, 4) is 0 Å². The lowest BCUT2D eigenvalue weighted by Crippen LogP contribution is -2.54. The lowest BCUT2D eigenvalue weighted by molar-refractivity contribution is 0.0618. The van der Waals surface area contributed by atoms with Gasteiger partial charge in [-0.25, -0.2) is 8.42 Å². The van der Waals surface area contributed by atoms with Crippen molar-refractivity contribution in [1.82, 2.24) is 14.1 Å². The number of piperazine rings is 1. The number of aliphatic hydroxyl groups is 1. The maximum Gasteiger partial charge on any atom is 0.243 e. The van der Waals surface area contributed by atoms with Crippen LogP contribution < -0.4 is 0 Å². The number of aryl methyl sites for hydroxylation is 2. The van der Waals surface area contributed by atoms with Crippen molar-refractivity contribution >= 4 is 21.6 Å². The van der Waals surface area contributed by atoms with E-state index in [0.29, 0.717) is 48.2 Å². The molecule has 2 heterocycles. The van der Waals surface area contributed by atoms with Crippen LogP contribution >= 0.6 is 11.6 Å². The molecule has 2 fully saturated rings. The van der Waals surface area contributed by atoms with E-state index in [2.05, 4.69) is 21.9 Å². The van der Waals surface area contributed by atoms with Gasteiger partial charge in [-0.2, -0.15) is 4.31 Å². The number of sulfonamides is 1. The minimum atomic E-state index is -3.57. The summed E-state index contributed by atoms with van der Waals surface area (Å²) in [5.41, 5.74) is 2.66. The lowest BCUT2D eigenvalue weighted by Gasteiger charge is -2.38. The molecule has 0 bridgehead atoms. The molecule has 2 aliphatic heterocycles. The number of halogens is 1. The Morgan fingerprint density at radius 1 is 1.00 bits per heavy atom. The number of rotatable bonds is 5. The Kier molecular flexibility index (Phi) is 6.72. The fourth-order valence-electron chi connectivity index (χ4n) is 4.62. The molecule has 0 amide bonds. The number of nitrogens with zero attached hydrogens (tertiary/aromatic N) is 3. The molecule has 6 nitrogen and oxygen atoms in total. The van der Waals surface area contributed by atoms with Crippen LogP contribution in [-0.2, 0) is 16.6 Å². The van der Waals surface area contributed by atoms with Gasteiger partial charge in [0.1, 0.15) is 0 Å². The smallest absolute Gasteiger partial charge is 0.243 e. The number of aliphatic hydroxyl groups excluding tert-OH is 1. The van der Waals surface area contributed by atoms with E-state index in [0.717, 1.165) is 18.7 Å². The standard InChI is InChI=1S/C23H30ClN3O3S/c1-17-13-23(18(2)12-20(17)24)31(29,30)27-10-8-26(9-11-27)21-15-25(16-22(21)28)14-19-6-4-3-5-7-19/h3-7,12-13,21-22,28H,8-11,14-16H2,1-2H3/t21-,22-/m0/s1. The molecular formula is C23H30ClN3O3S. The molecular weight excluding hydrogens is 434 g/mol. The largest absolute Gasteiger partial charge is 0.390 e. The zero-order chi connectivity index (χ0) is 22.2. The summed E-state index contributed by atoms with van der Waals surface area (Å²) < 4.78 is 28.0. The van der Waals surface area contributed by atoms with Gasteiger partial charge in [-0.15, -0.1) is 0 Å². The summed E-state index contributed by atoms with van der Waals surface area (Å²) in [7, 11) is -3.57. The third kappa shape index (κ3) is 4.82. The van der Waals surface area contributed by atoms with E-state index >= 15 is 0 Å². The van der Waals surface area contributed by atoms with Gasteiger partial charge in [0.2, 0.25) is 10.0 Å². The van der Waals surface area contributed by atoms with Gasteiger partial charge in [0.25, 0.3) is 0 Å². The van der Waals surface area contributed by atoms with Crippen LogP contribution in [0.1, 0.15) is 16.7 Å². The Balaban J connectivity index is 1.39. The fourth-order valence-corrected chi connectivity index (χ4v) is 6.56. The summed E-state index contributed by atoms with van der Waals surface area (Å²) in [6.07, 6.45) is -0.423. The molecule has 8 heteroatoms. The quantitative estimate of drug-likeness (QED) is 0.738. The van der Waals surface area contributed by atoms with Crippen LogP contribution in [0.25, 0.3) is 0 Å². The number of β-amino-alcohol motifs (C(OH)–C–C–N with tert-alkyl or cyclic N) is 1. The van der Waals surface area contributed by atoms with Gasteiger partial charge in [0.05, 0.1) is 11.0 Å². The second-order valence-corrected chi connectivity index (χ2v) is 10.9. The van der Waals surface area contributed by atoms with E-state index in [1.807, 2.05) is 25.1 Å². The molecule has 4 rings (SSSR count). The number of hydrogen-bond donors (Lipinski definition) is 1. The van der Waals surface area contributed by atoms with E-state index in [1.165, 1.54) is 5.56 Å². The topological polar surface area (TPSA) is 64.1 Å². The maximum atomic E-state index is 13.2. The zero-order valence-electron chi connectivity index (χ0n) is 18.0. The molecule has 31 heavy (non-hydrogen) atoms. The average molecular weight is 464 g/mol. The van der Waals surface area contributed by atoms with Crippen molar-refractivity contribution in [2.45, 2.75) is 37.4 Å². The van der Waals surface area contributed by atoms with E-state index in [9.17, 15) is 13.5 Å². The highest BCUT2D eigenvalue weighted by atomic mass is 35.5. The van der Waals surface area contributed by atoms with Crippen LogP contribution in [0.5, 0.6) is 0 Å². The van der Waals surface area contributed by atoms with Crippen LogP contribution in [-0.4, -0.2) is 79.0 Å². The molecule has 2 saturated heterocycles. The Morgan fingerprint density at radius 2 is 1.68 bits per heavy atom. The number of likely N-dealkylation sites (tertiary alicyclic amines) is 1. The first-order chi connectivity index (χ1) is 14.8. The lowest BCUT2D eigenvalue weighted by atomic mass is 10.1. The SMILES string of the molecule is Cc1cc(S(=O)(=O)N2CCN([C@H]3CN(Cc4ccccc4)C[C@@H]3O)CC2)c(C)cc1Cl. The fraction of sp³-hybridized carbons (Fsp3) is 0.478. The molecule has 2 aliphatic rings. The monoisotopic (exact) mass is 463 g/mol. The molecule has 0 aliphatic carbocycles. The number of hydrogen-bond acceptors (Lipinski definition) is 5. The van der Waals surface area contributed by atoms with Gasteiger partial charge >= 0.3 is 0 Å². The third-order valence-electron chi connectivity index (χ3n) is 6.40. The predicted molar refractivity (Wildman–Crippen MR) is 123 cm³/mol. The Labute approximate surface area is 190 Å². The van der Waals surface area contributed by atoms with Crippen LogP contribution in [0.2, 0.25) is 5.02 Å². The number of benzene rings is 2. The van der Waals surface area contributed by atoms with Gasteiger partial charge in [0.15, 0.2) is 0 Å². The third-order valence-corrected chi connectivity index (χ3v) is 8.85. The van der Waals surface area contributed by atoms with Crippen molar-refractivity contribution in [2.24, 2.45) is 0 Å². The second kappa shape index (κ2) is 9.17. The normalized spacial score (nSPS) is 24.0. The summed E-state index contributed by atoms with van der Waals surface area (Å²) in [6, 6.07) is 13.7. The molecule has 2 atom stereocenters. The molecule has 168 valence electrons. The van der Waals surface area contributed by atoms with Gasteiger partial charge < -0.3 is 5.11 Å². The summed E-state index contributed by atoms with van der Waals surface area (Å²) >= 11 is 6.15. The molecule has 0 unspecified atom stereocenters. The minimum Gasteiger partial charge on any atom is -0.390 e. The molecule has 0 radical (unpaired) electrons. The molecule has 2 aromatic carbocycles. The Morgan fingerprint density at radius 3 is 2.35 bits per heavy atom. The van der Waals surface area contributed by atoms with Gasteiger partial charge in [-0.3, -0.25) is 9.80 Å². The first-order valence-electron chi connectivity index (χ1n) is 10.7. The van der Waals surface area contributed by atoms with Gasteiger partial charge in [-0.1, -0.05) is 41.9 Å². The van der Waals surface area contributed by atoms with E-state index < -0.39 is 16.1 Å². The van der Waals surface area contributed by atoms with Crippen molar-refractivity contribution in [3.63, 3.8) is 0 Å². The van der Waals surface area contributed by atoms with E-state index in [4.69, 9.17) is 11.6 Å². The van der Waals surface area contributed by atoms with Crippen LogP contribution in [0.15, 0.2) is 47.4 Å². The Bertz CT molecular complexity index is 1020. The van der Waals surface area contributed by atoms with Crippen molar-refractivity contribution < 1.29 is 13.5 Å². The van der Waals surface area contributed by atoms with Crippen LogP contribution in [0, 0.1) is 13.8 Å². The first kappa shape index (κ1) is 22.7. The Hall–Kier alpha value is -1.48. The van der Waals surface area contributed by atoms with Crippen molar-refractivity contribution in [1.29, 1.82) is 0 Å².